The van der Waals surface area contributed by atoms with Crippen molar-refractivity contribution in [2.75, 3.05) is 5.32 Å². The highest BCUT2D eigenvalue weighted by atomic mass is 32.1. The molecule has 0 radical (unpaired) electrons. The summed E-state index contributed by atoms with van der Waals surface area (Å²) in [7, 11) is 0. The smallest absolute Gasteiger partial charge is 0.248 e. The first-order chi connectivity index (χ1) is 14.1. The third kappa shape index (κ3) is 4.40. The van der Waals surface area contributed by atoms with Gasteiger partial charge in [0.15, 0.2) is 5.13 Å². The van der Waals surface area contributed by atoms with Gasteiger partial charge < -0.3 is 9.88 Å². The molecular weight excluding hydrogens is 386 g/mol. The van der Waals surface area contributed by atoms with Gasteiger partial charge in [0.1, 0.15) is 12.9 Å². The summed E-state index contributed by atoms with van der Waals surface area (Å²) in [5, 5.41) is 16.1. The molecule has 0 bridgehead atoms. The number of nitrogens with zero attached hydrogens (tertiary/aromatic N) is 6. The highest BCUT2D eigenvalue weighted by molar-refractivity contribution is 7.14. The van der Waals surface area contributed by atoms with Crippen molar-refractivity contribution < 1.29 is 4.79 Å². The van der Waals surface area contributed by atoms with Crippen molar-refractivity contribution in [3.05, 3.63) is 65.1 Å². The van der Waals surface area contributed by atoms with Crippen molar-refractivity contribution >= 4 is 22.4 Å². The summed E-state index contributed by atoms with van der Waals surface area (Å²) in [6, 6.07) is 12.6. The summed E-state index contributed by atoms with van der Waals surface area (Å²) in [6.45, 7) is 5.20. The van der Waals surface area contributed by atoms with Gasteiger partial charge in [0.05, 0.1) is 5.69 Å². The SMILES string of the molecule is Cc1cc(-c2csc(NC(=O)Cn3cnnn3)n2)c(C)n1CCc1ccccc1. The maximum Gasteiger partial charge on any atom is 0.248 e. The Morgan fingerprint density at radius 1 is 1.21 bits per heavy atom. The first-order valence-corrected chi connectivity index (χ1v) is 10.2. The summed E-state index contributed by atoms with van der Waals surface area (Å²) in [4.78, 5) is 16.7. The number of carbonyl (C=O) groups is 1. The van der Waals surface area contributed by atoms with E-state index < -0.39 is 0 Å². The van der Waals surface area contributed by atoms with Crippen molar-refractivity contribution in [2.24, 2.45) is 0 Å². The number of tetrazole rings is 1. The largest absolute Gasteiger partial charge is 0.348 e. The number of carbonyl (C=O) groups excluding carboxylic acids is 1. The Kier molecular flexibility index (Phi) is 5.48. The Balaban J connectivity index is 1.45. The maximum atomic E-state index is 12.1. The highest BCUT2D eigenvalue weighted by Crippen LogP contribution is 2.30. The number of hydrogen-bond acceptors (Lipinski definition) is 6. The Labute approximate surface area is 172 Å². The first kappa shape index (κ1) is 19.0. The molecule has 4 aromatic rings. The molecule has 1 amide bonds. The van der Waals surface area contributed by atoms with E-state index in [0.29, 0.717) is 5.13 Å². The molecule has 1 aromatic carbocycles. The number of aromatic nitrogens is 6. The molecule has 3 aromatic heterocycles. The van der Waals surface area contributed by atoms with Gasteiger partial charge in [0, 0.05) is 28.9 Å². The summed E-state index contributed by atoms with van der Waals surface area (Å²) in [6.07, 6.45) is 2.38. The third-order valence-electron chi connectivity index (χ3n) is 4.76. The molecule has 8 nitrogen and oxygen atoms in total. The number of rotatable bonds is 7. The minimum absolute atomic E-state index is 0.0515. The van der Waals surface area contributed by atoms with Gasteiger partial charge in [-0.1, -0.05) is 30.3 Å². The second-order valence-corrected chi connectivity index (χ2v) is 7.62. The van der Waals surface area contributed by atoms with Crippen LogP contribution in [0.15, 0.2) is 48.1 Å². The van der Waals surface area contributed by atoms with E-state index in [-0.39, 0.29) is 12.5 Å². The van der Waals surface area contributed by atoms with Crippen LogP contribution >= 0.6 is 11.3 Å². The monoisotopic (exact) mass is 407 g/mol. The molecule has 0 saturated heterocycles. The molecule has 0 aliphatic rings. The number of hydrogen-bond donors (Lipinski definition) is 1. The predicted octanol–water partition coefficient (Wildman–Crippen LogP) is 3.10. The molecule has 0 aliphatic heterocycles. The van der Waals surface area contributed by atoms with Crippen molar-refractivity contribution in [3.8, 4) is 11.3 Å². The zero-order chi connectivity index (χ0) is 20.2. The minimum Gasteiger partial charge on any atom is -0.348 e. The zero-order valence-corrected chi connectivity index (χ0v) is 17.1. The van der Waals surface area contributed by atoms with Gasteiger partial charge in [-0.2, -0.15) is 0 Å². The van der Waals surface area contributed by atoms with Gasteiger partial charge in [-0.25, -0.2) is 9.67 Å². The molecule has 0 saturated carbocycles. The molecule has 0 atom stereocenters. The lowest BCUT2D eigenvalue weighted by molar-refractivity contribution is -0.116. The number of amides is 1. The molecule has 3 heterocycles. The van der Waals surface area contributed by atoms with Crippen LogP contribution in [0.2, 0.25) is 0 Å². The second kappa shape index (κ2) is 8.36. The maximum absolute atomic E-state index is 12.1. The van der Waals surface area contributed by atoms with E-state index in [1.54, 1.807) is 0 Å². The van der Waals surface area contributed by atoms with Crippen molar-refractivity contribution in [2.45, 2.75) is 33.4 Å². The first-order valence-electron chi connectivity index (χ1n) is 9.27. The fourth-order valence-electron chi connectivity index (χ4n) is 3.30. The fraction of sp³-hybridized carbons (Fsp3) is 0.250. The standard InChI is InChI=1S/C20H21N7OS/c1-14-10-17(15(2)27(14)9-8-16-6-4-3-5-7-16)18-12-29-20(22-18)23-19(28)11-26-13-21-24-25-26/h3-7,10,12-13H,8-9,11H2,1-2H3,(H,22,23,28). The molecule has 4 rings (SSSR count). The number of anilines is 1. The molecule has 0 spiro atoms. The minimum atomic E-state index is -0.216. The van der Waals surface area contributed by atoms with Crippen LogP contribution in [0.25, 0.3) is 11.3 Å². The Morgan fingerprint density at radius 2 is 2.03 bits per heavy atom. The average Bonchev–Trinajstić information content (AvgIpc) is 3.44. The lowest BCUT2D eigenvalue weighted by atomic mass is 10.1. The van der Waals surface area contributed by atoms with Gasteiger partial charge >= 0.3 is 0 Å². The average molecular weight is 408 g/mol. The number of benzene rings is 1. The molecule has 29 heavy (non-hydrogen) atoms. The van der Waals surface area contributed by atoms with E-state index >= 15 is 0 Å². The Bertz CT molecular complexity index is 1100. The molecule has 0 unspecified atom stereocenters. The van der Waals surface area contributed by atoms with Crippen molar-refractivity contribution in [1.82, 2.24) is 29.8 Å². The number of nitrogens with one attached hydrogen (secondary N) is 1. The lowest BCUT2D eigenvalue weighted by Crippen LogP contribution is -2.19. The van der Waals surface area contributed by atoms with E-state index in [1.807, 2.05) is 11.4 Å². The van der Waals surface area contributed by atoms with E-state index in [2.05, 4.69) is 74.6 Å². The van der Waals surface area contributed by atoms with Crippen molar-refractivity contribution in [3.63, 3.8) is 0 Å². The summed E-state index contributed by atoms with van der Waals surface area (Å²) in [5.74, 6) is -0.216. The Morgan fingerprint density at radius 3 is 2.79 bits per heavy atom. The topological polar surface area (TPSA) is 90.5 Å². The molecule has 0 fully saturated rings. The highest BCUT2D eigenvalue weighted by Gasteiger charge is 2.15. The van der Waals surface area contributed by atoms with Crippen LogP contribution in [-0.2, 0) is 24.3 Å². The van der Waals surface area contributed by atoms with Gasteiger partial charge in [0.2, 0.25) is 5.91 Å². The Hall–Kier alpha value is -3.33. The van der Waals surface area contributed by atoms with Crippen LogP contribution in [-0.4, -0.2) is 35.7 Å². The van der Waals surface area contributed by atoms with Crippen LogP contribution in [0, 0.1) is 13.8 Å². The summed E-state index contributed by atoms with van der Waals surface area (Å²) in [5.41, 5.74) is 5.66. The van der Waals surface area contributed by atoms with Crippen LogP contribution < -0.4 is 5.32 Å². The van der Waals surface area contributed by atoms with E-state index in [0.717, 1.165) is 24.2 Å². The molecule has 148 valence electrons. The van der Waals surface area contributed by atoms with Gasteiger partial charge in [-0.3, -0.25) is 4.79 Å². The molecule has 9 heteroatoms. The normalized spacial score (nSPS) is 11.0. The van der Waals surface area contributed by atoms with Crippen LogP contribution in [0.4, 0.5) is 5.13 Å². The van der Waals surface area contributed by atoms with E-state index in [4.69, 9.17) is 0 Å². The van der Waals surface area contributed by atoms with Crippen molar-refractivity contribution in [1.29, 1.82) is 0 Å². The third-order valence-corrected chi connectivity index (χ3v) is 5.52. The van der Waals surface area contributed by atoms with Crippen LogP contribution in [0.3, 0.4) is 0 Å². The number of aryl methyl sites for hydroxylation is 2. The number of thiazole rings is 1. The quantitative estimate of drug-likeness (QED) is 0.508. The van der Waals surface area contributed by atoms with E-state index in [1.165, 1.54) is 39.3 Å². The van der Waals surface area contributed by atoms with Crippen LogP contribution in [0.5, 0.6) is 0 Å². The molecule has 1 N–H and O–H groups in total. The van der Waals surface area contributed by atoms with Gasteiger partial charge in [-0.05, 0) is 42.3 Å². The van der Waals surface area contributed by atoms with E-state index in [9.17, 15) is 4.79 Å². The predicted molar refractivity (Wildman–Crippen MR) is 112 cm³/mol. The second-order valence-electron chi connectivity index (χ2n) is 6.77. The van der Waals surface area contributed by atoms with Gasteiger partial charge in [0.25, 0.3) is 0 Å². The molecular formula is C20H21N7OS. The summed E-state index contributed by atoms with van der Waals surface area (Å²) >= 11 is 1.41. The van der Waals surface area contributed by atoms with Gasteiger partial charge in [-0.15, -0.1) is 16.4 Å². The lowest BCUT2D eigenvalue weighted by Gasteiger charge is -2.09. The van der Waals surface area contributed by atoms with Crippen LogP contribution in [0.1, 0.15) is 17.0 Å². The summed E-state index contributed by atoms with van der Waals surface area (Å²) < 4.78 is 3.68. The molecule has 0 aliphatic carbocycles. The zero-order valence-electron chi connectivity index (χ0n) is 16.2. The fourth-order valence-corrected chi connectivity index (χ4v) is 4.03.